The number of rotatable bonds is 8. The molecule has 206 valence electrons. The molecule has 0 aliphatic heterocycles. The summed E-state index contributed by atoms with van der Waals surface area (Å²) in [4.78, 5) is 15.5. The number of hydrogen-bond acceptors (Lipinski definition) is 3. The molecule has 0 radical (unpaired) electrons. The molecule has 4 nitrogen and oxygen atoms in total. The van der Waals surface area contributed by atoms with E-state index in [4.69, 9.17) is 11.6 Å². The minimum Gasteiger partial charge on any atom is -0.511 e. The summed E-state index contributed by atoms with van der Waals surface area (Å²) < 4.78 is 70.4. The van der Waals surface area contributed by atoms with Crippen molar-refractivity contribution in [2.45, 2.75) is 44.8 Å². The first-order chi connectivity index (χ1) is 18.5. The van der Waals surface area contributed by atoms with Crippen LogP contribution in [0.1, 0.15) is 25.3 Å². The van der Waals surface area contributed by atoms with E-state index in [1.165, 1.54) is 47.4 Å². The van der Waals surface area contributed by atoms with E-state index in [1.54, 1.807) is 19.1 Å². The van der Waals surface area contributed by atoms with Crippen molar-refractivity contribution in [3.8, 4) is 5.75 Å². The number of amides is 1. The molecule has 1 N–H and O–H groups in total. The Morgan fingerprint density at radius 1 is 1.18 bits per heavy atom. The van der Waals surface area contributed by atoms with Crippen LogP contribution >= 0.6 is 11.6 Å². The quantitative estimate of drug-likeness (QED) is 0.330. The maximum atomic E-state index is 14.1. The van der Waals surface area contributed by atoms with Crippen LogP contribution in [0, 0.1) is 11.7 Å². The van der Waals surface area contributed by atoms with Gasteiger partial charge >= 0.3 is 12.5 Å². The van der Waals surface area contributed by atoms with Crippen LogP contribution in [0.5, 0.6) is 5.75 Å². The van der Waals surface area contributed by atoms with Gasteiger partial charge in [0, 0.05) is 11.7 Å². The van der Waals surface area contributed by atoms with Gasteiger partial charge in [0.25, 0.3) is 0 Å². The van der Waals surface area contributed by atoms with Gasteiger partial charge in [-0.3, -0.25) is 4.79 Å². The maximum absolute atomic E-state index is 14.1. The van der Waals surface area contributed by atoms with Gasteiger partial charge in [-0.15, -0.1) is 0 Å². The highest BCUT2D eigenvalue weighted by Gasteiger charge is 2.44. The predicted molar refractivity (Wildman–Crippen MR) is 139 cm³/mol. The third-order valence-corrected chi connectivity index (χ3v) is 6.79. The number of halogens is 6. The van der Waals surface area contributed by atoms with Gasteiger partial charge in [0.1, 0.15) is 23.2 Å². The number of anilines is 1. The zero-order chi connectivity index (χ0) is 28.3. The van der Waals surface area contributed by atoms with Crippen LogP contribution in [-0.2, 0) is 11.2 Å². The third-order valence-electron chi connectivity index (χ3n) is 6.48. The average Bonchev–Trinajstić information content (AvgIpc) is 3.05. The van der Waals surface area contributed by atoms with Crippen molar-refractivity contribution in [1.29, 1.82) is 0 Å². The first-order valence-corrected chi connectivity index (χ1v) is 12.5. The second-order valence-corrected chi connectivity index (χ2v) is 9.68. The van der Waals surface area contributed by atoms with Crippen molar-refractivity contribution in [2.75, 3.05) is 4.90 Å². The number of allylic oxidation sites excluding steroid dienone is 6. The van der Waals surface area contributed by atoms with Gasteiger partial charge < -0.3 is 14.7 Å². The normalized spacial score (nSPS) is 17.9. The summed E-state index contributed by atoms with van der Waals surface area (Å²) in [5.41, 5.74) is 2.26. The van der Waals surface area contributed by atoms with Gasteiger partial charge in [0.15, 0.2) is 0 Å². The molecular formula is C29H25ClF5NO3. The molecule has 0 spiro atoms. The molecule has 4 rings (SSSR count). The molecule has 2 atom stereocenters. The van der Waals surface area contributed by atoms with Gasteiger partial charge in [-0.25, -0.2) is 4.39 Å². The molecule has 1 amide bonds. The predicted octanol–water partition coefficient (Wildman–Crippen LogP) is 7.95. The SMILES string of the molecule is CC(Cc1ccc(Cl)c(OC(F)(F)C(F)F)c1)N(C(=O)C1C(O)=CC=CC2=C1C=CCC2)c1ccc(F)cc1. The number of benzene rings is 2. The Morgan fingerprint density at radius 2 is 1.90 bits per heavy atom. The van der Waals surface area contributed by atoms with Crippen molar-refractivity contribution in [1.82, 2.24) is 0 Å². The largest absolute Gasteiger partial charge is 0.511 e. The molecule has 0 bridgehead atoms. The number of carbonyl (C=O) groups excluding carboxylic acids is 1. The number of ether oxygens (including phenoxy) is 1. The third kappa shape index (κ3) is 6.36. The van der Waals surface area contributed by atoms with E-state index in [9.17, 15) is 31.9 Å². The second-order valence-electron chi connectivity index (χ2n) is 9.27. The molecule has 39 heavy (non-hydrogen) atoms. The number of alkyl halides is 4. The van der Waals surface area contributed by atoms with Crippen LogP contribution in [0.2, 0.25) is 5.02 Å². The van der Waals surface area contributed by atoms with Crippen LogP contribution < -0.4 is 9.64 Å². The van der Waals surface area contributed by atoms with Crippen LogP contribution in [0.15, 0.2) is 89.8 Å². The number of carbonyl (C=O) groups is 1. The Morgan fingerprint density at radius 3 is 2.59 bits per heavy atom. The molecule has 0 saturated heterocycles. The van der Waals surface area contributed by atoms with Crippen molar-refractivity contribution >= 4 is 23.2 Å². The Bertz CT molecular complexity index is 1350. The molecule has 2 aliphatic carbocycles. The summed E-state index contributed by atoms with van der Waals surface area (Å²) in [6.45, 7) is 1.69. The summed E-state index contributed by atoms with van der Waals surface area (Å²) in [5.74, 6) is -2.83. The molecule has 2 unspecified atom stereocenters. The molecular weight excluding hydrogens is 541 g/mol. The maximum Gasteiger partial charge on any atom is 0.461 e. The summed E-state index contributed by atoms with van der Waals surface area (Å²) in [5, 5.41) is 10.6. The van der Waals surface area contributed by atoms with Crippen molar-refractivity contribution in [2.24, 2.45) is 5.92 Å². The van der Waals surface area contributed by atoms with E-state index in [0.717, 1.165) is 18.1 Å². The van der Waals surface area contributed by atoms with E-state index in [-0.39, 0.29) is 17.2 Å². The summed E-state index contributed by atoms with van der Waals surface area (Å²) in [7, 11) is 0. The zero-order valence-electron chi connectivity index (χ0n) is 20.8. The zero-order valence-corrected chi connectivity index (χ0v) is 21.5. The Hall–Kier alpha value is -3.59. The first-order valence-electron chi connectivity index (χ1n) is 12.2. The molecule has 0 fully saturated rings. The standard InChI is InChI=1S/C29H25ClF5NO3/c1-17(15-18-9-14-23(30)25(16-18)39-29(34,35)28(32)33)36(21-12-10-20(31)11-13-21)27(38)26-22-7-3-2-5-19(22)6-4-8-24(26)37/h3-4,6-14,16-17,26,28,37H,2,5,15H2,1H3. The molecule has 10 heteroatoms. The second kappa shape index (κ2) is 11.7. The molecule has 0 aromatic heterocycles. The number of aliphatic hydroxyl groups is 1. The van der Waals surface area contributed by atoms with E-state index >= 15 is 0 Å². The lowest BCUT2D eigenvalue weighted by Crippen LogP contribution is -2.44. The fourth-order valence-electron chi connectivity index (χ4n) is 4.66. The van der Waals surface area contributed by atoms with Crippen LogP contribution in [0.25, 0.3) is 0 Å². The van der Waals surface area contributed by atoms with Gasteiger partial charge in [0.05, 0.1) is 5.02 Å². The van der Waals surface area contributed by atoms with E-state index in [1.807, 2.05) is 12.2 Å². The van der Waals surface area contributed by atoms with Crippen molar-refractivity contribution < 1.29 is 36.6 Å². The Kier molecular flexibility index (Phi) is 8.49. The average molecular weight is 566 g/mol. The monoisotopic (exact) mass is 565 g/mol. The lowest BCUT2D eigenvalue weighted by atomic mass is 9.86. The minimum absolute atomic E-state index is 0.0636. The van der Waals surface area contributed by atoms with E-state index in [0.29, 0.717) is 23.2 Å². The summed E-state index contributed by atoms with van der Waals surface area (Å²) in [6, 6.07) is 8.41. The molecule has 2 aromatic rings. The van der Waals surface area contributed by atoms with Gasteiger partial charge in [-0.2, -0.15) is 17.6 Å². The fourth-order valence-corrected chi connectivity index (χ4v) is 4.81. The first kappa shape index (κ1) is 28.4. The van der Waals surface area contributed by atoms with Gasteiger partial charge in [0.2, 0.25) is 5.91 Å². The van der Waals surface area contributed by atoms with Crippen molar-refractivity contribution in [3.05, 3.63) is 106 Å². The fraction of sp³-hybridized carbons (Fsp3) is 0.276. The Labute approximate surface area is 227 Å². The molecule has 2 aromatic carbocycles. The van der Waals surface area contributed by atoms with Crippen molar-refractivity contribution in [3.63, 3.8) is 0 Å². The van der Waals surface area contributed by atoms with E-state index in [2.05, 4.69) is 4.74 Å². The van der Waals surface area contributed by atoms with Gasteiger partial charge in [-0.1, -0.05) is 42.0 Å². The summed E-state index contributed by atoms with van der Waals surface area (Å²) >= 11 is 5.91. The highest BCUT2D eigenvalue weighted by atomic mass is 35.5. The minimum atomic E-state index is -4.75. The molecule has 0 saturated carbocycles. The van der Waals surface area contributed by atoms with Crippen LogP contribution in [-0.4, -0.2) is 29.6 Å². The summed E-state index contributed by atoms with van der Waals surface area (Å²) in [6.07, 6.45) is 1.42. The lowest BCUT2D eigenvalue weighted by molar-refractivity contribution is -0.253. The molecule has 0 heterocycles. The smallest absolute Gasteiger partial charge is 0.461 e. The number of aliphatic hydroxyl groups excluding tert-OH is 1. The topological polar surface area (TPSA) is 49.8 Å². The highest BCUT2D eigenvalue weighted by molar-refractivity contribution is 6.32. The number of hydrogen-bond donors (Lipinski definition) is 1. The molecule has 2 aliphatic rings. The number of nitrogens with zero attached hydrogens (tertiary/aromatic N) is 1. The van der Waals surface area contributed by atoms with Gasteiger partial charge in [-0.05, 0) is 85.4 Å². The van der Waals surface area contributed by atoms with Crippen LogP contribution in [0.4, 0.5) is 27.6 Å². The van der Waals surface area contributed by atoms with E-state index < -0.39 is 42.0 Å². The lowest BCUT2D eigenvalue weighted by Gasteiger charge is -2.34. The Balaban J connectivity index is 1.70. The highest BCUT2D eigenvalue weighted by Crippen LogP contribution is 2.36. The van der Waals surface area contributed by atoms with Crippen LogP contribution in [0.3, 0.4) is 0 Å².